The van der Waals surface area contributed by atoms with Gasteiger partial charge in [-0.2, -0.15) is 0 Å². The zero-order valence-electron chi connectivity index (χ0n) is 7.51. The van der Waals surface area contributed by atoms with Gasteiger partial charge in [-0.25, -0.2) is 4.98 Å². The summed E-state index contributed by atoms with van der Waals surface area (Å²) in [5.41, 5.74) is 1.68. The summed E-state index contributed by atoms with van der Waals surface area (Å²) in [6.07, 6.45) is 0. The van der Waals surface area contributed by atoms with E-state index in [1.165, 1.54) is 0 Å². The molecule has 1 heterocycles. The van der Waals surface area contributed by atoms with Gasteiger partial charge in [-0.1, -0.05) is 24.3 Å². The van der Waals surface area contributed by atoms with Gasteiger partial charge in [-0.05, 0) is 12.1 Å². The first-order chi connectivity index (χ1) is 6.90. The van der Waals surface area contributed by atoms with Crippen LogP contribution in [0, 0.1) is 0 Å². The number of pyridine rings is 1. The largest absolute Gasteiger partial charge is 0.461 e. The minimum absolute atomic E-state index is 0.230. The van der Waals surface area contributed by atoms with Crippen LogP contribution in [-0.4, -0.2) is 11.5 Å². The van der Waals surface area contributed by atoms with E-state index < -0.39 is 0 Å². The summed E-state index contributed by atoms with van der Waals surface area (Å²) in [5, 5.41) is 1.09. The number of rotatable bonds is 3. The molecule has 3 heteroatoms. The second-order valence-corrected chi connectivity index (χ2v) is 2.90. The Morgan fingerprint density at radius 3 is 2.93 bits per heavy atom. The first kappa shape index (κ1) is 8.69. The van der Waals surface area contributed by atoms with Gasteiger partial charge in [-0.3, -0.25) is 4.79 Å². The molecule has 0 bridgehead atoms. The number of para-hydroxylation sites is 1. The zero-order valence-corrected chi connectivity index (χ0v) is 7.51. The number of fused-ring (bicyclic) bond motifs is 1. The molecule has 0 saturated carbocycles. The smallest absolute Gasteiger partial charge is 0.293 e. The third-order valence-corrected chi connectivity index (χ3v) is 1.96. The molecule has 0 N–H and O–H groups in total. The SMILES string of the molecule is O=COCc1ccc2ccccc2n1. The number of nitrogens with zero attached hydrogens (tertiary/aromatic N) is 1. The van der Waals surface area contributed by atoms with E-state index in [9.17, 15) is 4.79 Å². The molecule has 0 aliphatic carbocycles. The Hall–Kier alpha value is -1.90. The standard InChI is InChI=1S/C11H9NO2/c13-8-14-7-10-6-5-9-3-1-2-4-11(9)12-10/h1-6,8H,7H2. The molecule has 0 radical (unpaired) electrons. The highest BCUT2D eigenvalue weighted by Gasteiger charge is 1.97. The maximum atomic E-state index is 9.99. The number of carbonyl (C=O) groups excluding carboxylic acids is 1. The summed E-state index contributed by atoms with van der Waals surface area (Å²) in [7, 11) is 0. The van der Waals surface area contributed by atoms with Gasteiger partial charge in [0.1, 0.15) is 6.61 Å². The quantitative estimate of drug-likeness (QED) is 0.689. The Labute approximate surface area is 81.3 Å². The molecule has 0 unspecified atom stereocenters. The first-order valence-corrected chi connectivity index (χ1v) is 4.30. The average molecular weight is 187 g/mol. The summed E-state index contributed by atoms with van der Waals surface area (Å²) in [5.74, 6) is 0. The van der Waals surface area contributed by atoms with Crippen molar-refractivity contribution in [1.29, 1.82) is 0 Å². The summed E-state index contributed by atoms with van der Waals surface area (Å²) in [4.78, 5) is 14.3. The minimum atomic E-state index is 0.230. The molecule has 0 saturated heterocycles. The lowest BCUT2D eigenvalue weighted by Crippen LogP contribution is -1.93. The number of ether oxygens (including phenoxy) is 1. The van der Waals surface area contributed by atoms with Crippen LogP contribution in [0.5, 0.6) is 0 Å². The van der Waals surface area contributed by atoms with Crippen molar-refractivity contribution in [2.75, 3.05) is 0 Å². The molecule has 14 heavy (non-hydrogen) atoms. The van der Waals surface area contributed by atoms with Crippen molar-refractivity contribution in [3.63, 3.8) is 0 Å². The van der Waals surface area contributed by atoms with Crippen molar-refractivity contribution < 1.29 is 9.53 Å². The number of hydrogen-bond donors (Lipinski definition) is 0. The summed E-state index contributed by atoms with van der Waals surface area (Å²) >= 11 is 0. The number of aromatic nitrogens is 1. The molecule has 70 valence electrons. The molecule has 0 fully saturated rings. The Bertz CT molecular complexity index is 454. The monoisotopic (exact) mass is 187 g/mol. The lowest BCUT2D eigenvalue weighted by molar-refractivity contribution is -0.129. The van der Waals surface area contributed by atoms with Crippen LogP contribution in [0.25, 0.3) is 10.9 Å². The predicted octanol–water partition coefficient (Wildman–Crippen LogP) is 1.91. The first-order valence-electron chi connectivity index (χ1n) is 4.30. The molecule has 2 aromatic rings. The summed E-state index contributed by atoms with van der Waals surface area (Å²) in [6, 6.07) is 11.6. The van der Waals surface area contributed by atoms with Gasteiger partial charge in [0, 0.05) is 5.39 Å². The van der Waals surface area contributed by atoms with Crippen molar-refractivity contribution in [1.82, 2.24) is 4.98 Å². The molecule has 3 nitrogen and oxygen atoms in total. The van der Waals surface area contributed by atoms with Crippen LogP contribution >= 0.6 is 0 Å². The molecular weight excluding hydrogens is 178 g/mol. The highest BCUT2D eigenvalue weighted by Crippen LogP contribution is 2.11. The molecule has 0 aliphatic heterocycles. The normalized spacial score (nSPS) is 10.0. The fourth-order valence-corrected chi connectivity index (χ4v) is 1.31. The van der Waals surface area contributed by atoms with Gasteiger partial charge in [0.15, 0.2) is 0 Å². The lowest BCUT2D eigenvalue weighted by atomic mass is 10.2. The fraction of sp³-hybridized carbons (Fsp3) is 0.0909. The number of carbonyl (C=O) groups is 1. The Kier molecular flexibility index (Phi) is 2.40. The molecule has 0 aliphatic rings. The third-order valence-electron chi connectivity index (χ3n) is 1.96. The van der Waals surface area contributed by atoms with Crippen LogP contribution in [0.4, 0.5) is 0 Å². The van der Waals surface area contributed by atoms with E-state index in [1.54, 1.807) is 0 Å². The Balaban J connectivity index is 2.36. The van der Waals surface area contributed by atoms with Crippen LogP contribution in [0.15, 0.2) is 36.4 Å². The van der Waals surface area contributed by atoms with Crippen molar-refractivity contribution in [3.05, 3.63) is 42.1 Å². The third kappa shape index (κ3) is 1.71. The van der Waals surface area contributed by atoms with Gasteiger partial charge >= 0.3 is 0 Å². The zero-order chi connectivity index (χ0) is 9.80. The van der Waals surface area contributed by atoms with E-state index in [-0.39, 0.29) is 6.61 Å². The van der Waals surface area contributed by atoms with Crippen LogP contribution in [0.2, 0.25) is 0 Å². The molecule has 2 rings (SSSR count). The molecule has 0 atom stereocenters. The highest BCUT2D eigenvalue weighted by molar-refractivity contribution is 5.78. The van der Waals surface area contributed by atoms with Gasteiger partial charge < -0.3 is 4.74 Å². The summed E-state index contributed by atoms with van der Waals surface area (Å²) < 4.78 is 4.63. The topological polar surface area (TPSA) is 39.2 Å². The Morgan fingerprint density at radius 2 is 2.07 bits per heavy atom. The molecule has 0 spiro atoms. The highest BCUT2D eigenvalue weighted by atomic mass is 16.5. The van der Waals surface area contributed by atoms with Crippen LogP contribution in [0.1, 0.15) is 5.69 Å². The second-order valence-electron chi connectivity index (χ2n) is 2.90. The summed E-state index contributed by atoms with van der Waals surface area (Å²) in [6.45, 7) is 0.658. The van der Waals surface area contributed by atoms with Crippen LogP contribution in [0.3, 0.4) is 0 Å². The van der Waals surface area contributed by atoms with E-state index in [1.807, 2.05) is 36.4 Å². The molecule has 0 amide bonds. The van der Waals surface area contributed by atoms with E-state index in [0.29, 0.717) is 6.47 Å². The van der Waals surface area contributed by atoms with E-state index in [4.69, 9.17) is 0 Å². The number of benzene rings is 1. The van der Waals surface area contributed by atoms with E-state index in [2.05, 4.69) is 9.72 Å². The second kappa shape index (κ2) is 3.87. The van der Waals surface area contributed by atoms with Crippen molar-refractivity contribution in [2.45, 2.75) is 6.61 Å². The molecule has 1 aromatic carbocycles. The van der Waals surface area contributed by atoms with Crippen molar-refractivity contribution in [3.8, 4) is 0 Å². The van der Waals surface area contributed by atoms with Gasteiger partial charge in [0.05, 0.1) is 11.2 Å². The van der Waals surface area contributed by atoms with E-state index in [0.717, 1.165) is 16.6 Å². The maximum absolute atomic E-state index is 9.99. The molecular formula is C11H9NO2. The Morgan fingerprint density at radius 1 is 1.21 bits per heavy atom. The van der Waals surface area contributed by atoms with Gasteiger partial charge in [-0.15, -0.1) is 0 Å². The van der Waals surface area contributed by atoms with E-state index >= 15 is 0 Å². The lowest BCUT2D eigenvalue weighted by Gasteiger charge is -2.00. The van der Waals surface area contributed by atoms with Crippen LogP contribution in [-0.2, 0) is 16.1 Å². The number of hydrogen-bond acceptors (Lipinski definition) is 3. The van der Waals surface area contributed by atoms with Crippen molar-refractivity contribution in [2.24, 2.45) is 0 Å². The van der Waals surface area contributed by atoms with Crippen molar-refractivity contribution >= 4 is 17.4 Å². The fourth-order valence-electron chi connectivity index (χ4n) is 1.31. The predicted molar refractivity (Wildman–Crippen MR) is 52.6 cm³/mol. The van der Waals surface area contributed by atoms with Gasteiger partial charge in [0.2, 0.25) is 0 Å². The maximum Gasteiger partial charge on any atom is 0.293 e. The molecule has 1 aromatic heterocycles. The average Bonchev–Trinajstić information content (AvgIpc) is 2.26. The minimum Gasteiger partial charge on any atom is -0.461 e. The van der Waals surface area contributed by atoms with Crippen LogP contribution < -0.4 is 0 Å². The van der Waals surface area contributed by atoms with Gasteiger partial charge in [0.25, 0.3) is 6.47 Å².